The Morgan fingerprint density at radius 2 is 1.65 bits per heavy atom. The maximum atomic E-state index is 13.1. The molecule has 1 aromatic heterocycles. The van der Waals surface area contributed by atoms with Gasteiger partial charge in [-0.05, 0) is 24.6 Å². The zero-order valence-corrected chi connectivity index (χ0v) is 13.2. The lowest BCUT2D eigenvalue weighted by atomic mass is 10.1. The molecule has 6 heteroatoms. The number of nitrogens with zero attached hydrogens (tertiary/aromatic N) is 4. The number of hydrogen-bond acceptors (Lipinski definition) is 4. The van der Waals surface area contributed by atoms with E-state index in [2.05, 4.69) is 15.3 Å². The van der Waals surface area contributed by atoms with Gasteiger partial charge in [0.15, 0.2) is 5.82 Å². The van der Waals surface area contributed by atoms with Gasteiger partial charge in [0.05, 0.1) is 5.71 Å². The Hall–Kier alpha value is -2.47. The van der Waals surface area contributed by atoms with E-state index in [0.29, 0.717) is 11.6 Å². The molecule has 0 atom stereocenters. The molecule has 4 nitrogen and oxygen atoms in total. The molecule has 0 radical (unpaired) electrons. The van der Waals surface area contributed by atoms with Crippen LogP contribution in [0.2, 0.25) is 0 Å². The molecule has 2 heterocycles. The van der Waals surface area contributed by atoms with Gasteiger partial charge in [0.2, 0.25) is 5.16 Å². The third kappa shape index (κ3) is 2.66. The Kier molecular flexibility index (Phi) is 3.46. The Morgan fingerprint density at radius 1 is 0.957 bits per heavy atom. The number of aromatic nitrogens is 3. The lowest BCUT2D eigenvalue weighted by Crippen LogP contribution is -2.13. The fraction of sp³-hybridized carbons (Fsp3) is 0.118. The van der Waals surface area contributed by atoms with Gasteiger partial charge < -0.3 is 0 Å². The molecule has 0 unspecified atom stereocenters. The molecule has 0 N–H and O–H groups in total. The van der Waals surface area contributed by atoms with Crippen molar-refractivity contribution < 1.29 is 4.39 Å². The van der Waals surface area contributed by atoms with E-state index >= 15 is 0 Å². The van der Waals surface area contributed by atoms with Crippen molar-refractivity contribution in [3.63, 3.8) is 0 Å². The van der Waals surface area contributed by atoms with Crippen LogP contribution in [-0.4, -0.2) is 26.3 Å². The first kappa shape index (κ1) is 14.1. The van der Waals surface area contributed by atoms with E-state index in [0.717, 1.165) is 22.0 Å². The summed E-state index contributed by atoms with van der Waals surface area (Å²) in [5, 5.41) is 13.9. The summed E-state index contributed by atoms with van der Waals surface area (Å²) in [6.45, 7) is 2.05. The molecule has 0 saturated heterocycles. The van der Waals surface area contributed by atoms with Crippen molar-refractivity contribution in [2.75, 3.05) is 5.75 Å². The molecule has 0 fully saturated rings. The van der Waals surface area contributed by atoms with Crippen LogP contribution < -0.4 is 0 Å². The summed E-state index contributed by atoms with van der Waals surface area (Å²) in [6.07, 6.45) is 0. The Bertz CT molecular complexity index is 882. The van der Waals surface area contributed by atoms with Crippen molar-refractivity contribution in [1.29, 1.82) is 0 Å². The van der Waals surface area contributed by atoms with E-state index in [9.17, 15) is 4.39 Å². The Morgan fingerprint density at radius 3 is 2.39 bits per heavy atom. The number of hydrogen-bond donors (Lipinski definition) is 0. The maximum Gasteiger partial charge on any atom is 0.212 e. The summed E-state index contributed by atoms with van der Waals surface area (Å²) >= 11 is 1.58. The van der Waals surface area contributed by atoms with Crippen molar-refractivity contribution in [1.82, 2.24) is 14.9 Å². The number of fused-ring (bicyclic) bond motifs is 1. The molecule has 1 aliphatic heterocycles. The Balaban J connectivity index is 1.77. The first-order chi connectivity index (χ1) is 11.2. The molecule has 23 heavy (non-hydrogen) atoms. The number of thioether (sulfide) groups is 1. The van der Waals surface area contributed by atoms with E-state index < -0.39 is 0 Å². The summed E-state index contributed by atoms with van der Waals surface area (Å²) in [4.78, 5) is 0. The highest BCUT2D eigenvalue weighted by Gasteiger charge is 2.20. The molecule has 0 aliphatic carbocycles. The van der Waals surface area contributed by atoms with Crippen LogP contribution in [0.5, 0.6) is 0 Å². The van der Waals surface area contributed by atoms with Crippen LogP contribution >= 0.6 is 11.8 Å². The van der Waals surface area contributed by atoms with Gasteiger partial charge in [-0.3, -0.25) is 0 Å². The summed E-state index contributed by atoms with van der Waals surface area (Å²) in [6, 6.07) is 14.5. The van der Waals surface area contributed by atoms with Gasteiger partial charge in [0.25, 0.3) is 0 Å². The van der Waals surface area contributed by atoms with E-state index in [4.69, 9.17) is 0 Å². The quantitative estimate of drug-likeness (QED) is 0.721. The van der Waals surface area contributed by atoms with Crippen LogP contribution in [0.25, 0.3) is 11.4 Å². The fourth-order valence-corrected chi connectivity index (χ4v) is 3.23. The van der Waals surface area contributed by atoms with Gasteiger partial charge in [-0.1, -0.05) is 53.7 Å². The second kappa shape index (κ2) is 5.62. The minimum absolute atomic E-state index is 0.247. The second-order valence-electron chi connectivity index (χ2n) is 5.33. The highest BCUT2D eigenvalue weighted by molar-refractivity contribution is 7.99. The monoisotopic (exact) mass is 324 g/mol. The van der Waals surface area contributed by atoms with Crippen molar-refractivity contribution >= 4 is 17.5 Å². The van der Waals surface area contributed by atoms with E-state index in [1.807, 2.05) is 31.2 Å². The lowest BCUT2D eigenvalue weighted by molar-refractivity contribution is 0.627. The highest BCUT2D eigenvalue weighted by atomic mass is 32.2. The fourth-order valence-electron chi connectivity index (χ4n) is 2.39. The molecule has 3 aromatic rings. The molecule has 0 amide bonds. The average molecular weight is 324 g/mol. The van der Waals surface area contributed by atoms with E-state index in [-0.39, 0.29) is 5.82 Å². The third-order valence-corrected chi connectivity index (χ3v) is 4.59. The minimum atomic E-state index is -0.247. The van der Waals surface area contributed by atoms with Crippen LogP contribution in [0.1, 0.15) is 11.1 Å². The summed E-state index contributed by atoms with van der Waals surface area (Å²) in [5.74, 6) is 1.16. The molecule has 1 aliphatic rings. The topological polar surface area (TPSA) is 43.1 Å². The maximum absolute atomic E-state index is 13.1. The minimum Gasteiger partial charge on any atom is -0.207 e. The van der Waals surface area contributed by atoms with E-state index in [1.54, 1.807) is 28.6 Å². The predicted molar refractivity (Wildman–Crippen MR) is 89.3 cm³/mol. The third-order valence-electron chi connectivity index (χ3n) is 3.66. The van der Waals surface area contributed by atoms with Gasteiger partial charge >= 0.3 is 0 Å². The highest BCUT2D eigenvalue weighted by Crippen LogP contribution is 2.28. The van der Waals surface area contributed by atoms with Crippen LogP contribution in [0, 0.1) is 12.7 Å². The first-order valence-corrected chi connectivity index (χ1v) is 8.18. The summed E-state index contributed by atoms with van der Waals surface area (Å²) in [7, 11) is 0. The standard InChI is InChI=1S/C17H13FN4S/c1-11-2-4-13(5-3-11)16-19-20-17-22(16)21-15(10-23-17)12-6-8-14(18)9-7-12/h2-9H,10H2,1H3. The zero-order valence-electron chi connectivity index (χ0n) is 12.4. The normalized spacial score (nSPS) is 13.6. The number of benzene rings is 2. The number of aryl methyl sites for hydroxylation is 1. The zero-order chi connectivity index (χ0) is 15.8. The van der Waals surface area contributed by atoms with Gasteiger partial charge in [-0.2, -0.15) is 9.78 Å². The van der Waals surface area contributed by atoms with Crippen molar-refractivity contribution in [3.8, 4) is 11.4 Å². The molecule has 114 valence electrons. The van der Waals surface area contributed by atoms with Crippen molar-refractivity contribution in [3.05, 3.63) is 65.5 Å². The second-order valence-corrected chi connectivity index (χ2v) is 6.27. The van der Waals surface area contributed by atoms with Gasteiger partial charge in [0, 0.05) is 11.3 Å². The molecular formula is C17H13FN4S. The first-order valence-electron chi connectivity index (χ1n) is 7.20. The largest absolute Gasteiger partial charge is 0.212 e. The lowest BCUT2D eigenvalue weighted by Gasteiger charge is -2.14. The van der Waals surface area contributed by atoms with E-state index in [1.165, 1.54) is 17.7 Å². The molecule has 0 saturated carbocycles. The Labute approximate surface area is 137 Å². The van der Waals surface area contributed by atoms with Crippen molar-refractivity contribution in [2.45, 2.75) is 12.1 Å². The summed E-state index contributed by atoms with van der Waals surface area (Å²) < 4.78 is 14.9. The smallest absolute Gasteiger partial charge is 0.207 e. The predicted octanol–water partition coefficient (Wildman–Crippen LogP) is 3.75. The molecular weight excluding hydrogens is 311 g/mol. The SMILES string of the molecule is Cc1ccc(-c2nnc3n2N=C(c2ccc(F)cc2)CS3)cc1. The van der Waals surface area contributed by atoms with Gasteiger partial charge in [0.1, 0.15) is 5.82 Å². The van der Waals surface area contributed by atoms with Crippen LogP contribution in [0.15, 0.2) is 58.8 Å². The van der Waals surface area contributed by atoms with Gasteiger partial charge in [-0.15, -0.1) is 10.2 Å². The number of rotatable bonds is 2. The average Bonchev–Trinajstić information content (AvgIpc) is 2.99. The molecule has 0 spiro atoms. The van der Waals surface area contributed by atoms with Crippen LogP contribution in [0.4, 0.5) is 4.39 Å². The molecule has 4 rings (SSSR count). The van der Waals surface area contributed by atoms with Crippen LogP contribution in [-0.2, 0) is 0 Å². The molecule has 0 bridgehead atoms. The number of halogens is 1. The molecule has 2 aromatic carbocycles. The summed E-state index contributed by atoms with van der Waals surface area (Å²) in [5.41, 5.74) is 3.96. The van der Waals surface area contributed by atoms with Crippen molar-refractivity contribution in [2.24, 2.45) is 5.10 Å². The van der Waals surface area contributed by atoms with Crippen LogP contribution in [0.3, 0.4) is 0 Å². The van der Waals surface area contributed by atoms with Gasteiger partial charge in [-0.25, -0.2) is 4.39 Å².